The third-order valence-corrected chi connectivity index (χ3v) is 4.71. The van der Waals surface area contributed by atoms with Gasteiger partial charge in [0, 0.05) is 6.42 Å². The minimum absolute atomic E-state index is 0.106. The highest BCUT2D eigenvalue weighted by Gasteiger charge is 2.29. The number of hydrogen-bond acceptors (Lipinski definition) is 6. The Morgan fingerprint density at radius 1 is 0.971 bits per heavy atom. The van der Waals surface area contributed by atoms with Gasteiger partial charge in [0.05, 0.1) is 6.10 Å². The number of nitrogens with two attached hydrogens (primary N) is 1. The molecule has 5 N–H and O–H groups in total. The molecule has 2 aromatic rings. The van der Waals surface area contributed by atoms with E-state index in [1.807, 2.05) is 30.3 Å². The van der Waals surface area contributed by atoms with Gasteiger partial charge in [0.15, 0.2) is 0 Å². The molecule has 0 saturated heterocycles. The molecule has 0 radical (unpaired) electrons. The summed E-state index contributed by atoms with van der Waals surface area (Å²) in [7, 11) is 0. The zero-order valence-electron chi connectivity index (χ0n) is 19.9. The summed E-state index contributed by atoms with van der Waals surface area (Å²) in [6.45, 7) is 6.85. The Morgan fingerprint density at radius 3 is 2.12 bits per heavy atom. The van der Waals surface area contributed by atoms with Crippen molar-refractivity contribution in [1.82, 2.24) is 10.6 Å². The molecule has 9 nitrogen and oxygen atoms in total. The number of benzene rings is 2. The number of carbonyl (C=O) groups excluding carboxylic acids is 3. The van der Waals surface area contributed by atoms with E-state index in [4.69, 9.17) is 15.2 Å². The standard InChI is InChI=1S/C25H33N3O6/c1-16(29)21(22(26)30)28-23(31)20(27-24(32)34-25(2,3)4)14-17-10-12-19(13-11-17)33-15-18-8-6-5-7-9-18/h5-13,16,20-21,29H,14-15H2,1-4H3,(H2,26,30)(H,27,32)(H,28,31)/t16-,20+,21-/m0/s1. The lowest BCUT2D eigenvalue weighted by Crippen LogP contribution is -2.57. The highest BCUT2D eigenvalue weighted by molar-refractivity contribution is 5.91. The molecule has 0 fully saturated rings. The molecule has 0 spiro atoms. The molecule has 184 valence electrons. The summed E-state index contributed by atoms with van der Waals surface area (Å²) in [4.78, 5) is 36.8. The molecule has 0 aliphatic heterocycles. The lowest BCUT2D eigenvalue weighted by molar-refractivity contribution is -0.130. The van der Waals surface area contributed by atoms with Crippen LogP contribution in [0.3, 0.4) is 0 Å². The largest absolute Gasteiger partial charge is 0.489 e. The number of alkyl carbamates (subject to hydrolysis) is 1. The molecule has 34 heavy (non-hydrogen) atoms. The molecule has 2 aromatic carbocycles. The Labute approximate surface area is 199 Å². The number of hydrogen-bond donors (Lipinski definition) is 4. The lowest BCUT2D eigenvalue weighted by Gasteiger charge is -2.25. The van der Waals surface area contributed by atoms with Crippen molar-refractivity contribution in [1.29, 1.82) is 0 Å². The van der Waals surface area contributed by atoms with Crippen LogP contribution in [-0.2, 0) is 27.4 Å². The molecular weight excluding hydrogens is 438 g/mol. The van der Waals surface area contributed by atoms with Gasteiger partial charge < -0.3 is 30.9 Å². The van der Waals surface area contributed by atoms with Crippen LogP contribution in [0.1, 0.15) is 38.8 Å². The monoisotopic (exact) mass is 471 g/mol. The fourth-order valence-electron chi connectivity index (χ4n) is 3.04. The van der Waals surface area contributed by atoms with E-state index in [1.165, 1.54) is 6.92 Å². The van der Waals surface area contributed by atoms with Crippen molar-refractivity contribution in [2.24, 2.45) is 5.73 Å². The molecule has 0 unspecified atom stereocenters. The maximum atomic E-state index is 12.9. The molecule has 0 heterocycles. The van der Waals surface area contributed by atoms with Gasteiger partial charge in [0.2, 0.25) is 11.8 Å². The third-order valence-electron chi connectivity index (χ3n) is 4.71. The maximum absolute atomic E-state index is 12.9. The third kappa shape index (κ3) is 9.11. The molecule has 2 rings (SSSR count). The Balaban J connectivity index is 2.10. The Hall–Kier alpha value is -3.59. The highest BCUT2D eigenvalue weighted by Crippen LogP contribution is 2.16. The first-order valence-electron chi connectivity index (χ1n) is 11.0. The highest BCUT2D eigenvalue weighted by atomic mass is 16.6. The van der Waals surface area contributed by atoms with Crippen LogP contribution in [0.5, 0.6) is 5.75 Å². The zero-order valence-corrected chi connectivity index (χ0v) is 19.9. The first-order valence-corrected chi connectivity index (χ1v) is 11.0. The quantitative estimate of drug-likeness (QED) is 0.418. The van der Waals surface area contributed by atoms with Crippen LogP contribution in [-0.4, -0.2) is 46.8 Å². The van der Waals surface area contributed by atoms with Crippen LogP contribution in [0.4, 0.5) is 4.79 Å². The van der Waals surface area contributed by atoms with E-state index in [2.05, 4.69) is 10.6 Å². The van der Waals surface area contributed by atoms with Gasteiger partial charge in [-0.1, -0.05) is 42.5 Å². The number of amides is 3. The van der Waals surface area contributed by atoms with Crippen LogP contribution in [0.25, 0.3) is 0 Å². The normalized spacial score (nSPS) is 13.8. The van der Waals surface area contributed by atoms with Gasteiger partial charge in [-0.15, -0.1) is 0 Å². The fourth-order valence-corrected chi connectivity index (χ4v) is 3.04. The number of ether oxygens (including phenoxy) is 2. The van der Waals surface area contributed by atoms with Gasteiger partial charge in [0.25, 0.3) is 0 Å². The number of aliphatic hydroxyl groups is 1. The van der Waals surface area contributed by atoms with Gasteiger partial charge in [-0.25, -0.2) is 4.79 Å². The lowest BCUT2D eigenvalue weighted by atomic mass is 10.0. The van der Waals surface area contributed by atoms with Crippen molar-refractivity contribution in [2.45, 2.75) is 64.5 Å². The van der Waals surface area contributed by atoms with Crippen LogP contribution in [0.2, 0.25) is 0 Å². The van der Waals surface area contributed by atoms with Crippen LogP contribution >= 0.6 is 0 Å². The summed E-state index contributed by atoms with van der Waals surface area (Å²) in [6, 6.07) is 14.4. The number of nitrogens with one attached hydrogen (secondary N) is 2. The average molecular weight is 472 g/mol. The van der Waals surface area contributed by atoms with E-state index in [0.29, 0.717) is 12.4 Å². The Bertz CT molecular complexity index is 955. The summed E-state index contributed by atoms with van der Waals surface area (Å²) in [5.41, 5.74) is 6.27. The Kier molecular flexibility index (Phi) is 9.44. The molecule has 0 aliphatic carbocycles. The summed E-state index contributed by atoms with van der Waals surface area (Å²) in [6.07, 6.45) is -1.89. The number of primary amides is 1. The van der Waals surface area contributed by atoms with Crippen molar-refractivity contribution in [3.63, 3.8) is 0 Å². The molecule has 0 bridgehead atoms. The first kappa shape index (κ1) is 26.7. The van der Waals surface area contributed by atoms with Gasteiger partial charge in [-0.3, -0.25) is 9.59 Å². The molecule has 3 amide bonds. The molecule has 0 saturated carbocycles. The number of aliphatic hydroxyl groups excluding tert-OH is 1. The maximum Gasteiger partial charge on any atom is 0.408 e. The number of rotatable bonds is 10. The van der Waals surface area contributed by atoms with Crippen molar-refractivity contribution in [2.75, 3.05) is 0 Å². The zero-order chi connectivity index (χ0) is 25.3. The fraction of sp³-hybridized carbons (Fsp3) is 0.400. The first-order chi connectivity index (χ1) is 15.9. The minimum Gasteiger partial charge on any atom is -0.489 e. The van der Waals surface area contributed by atoms with Crippen molar-refractivity contribution in [3.8, 4) is 5.75 Å². The molecular formula is C25H33N3O6. The van der Waals surface area contributed by atoms with Crippen molar-refractivity contribution < 1.29 is 29.0 Å². The molecule has 9 heteroatoms. The minimum atomic E-state index is -1.30. The van der Waals surface area contributed by atoms with Crippen LogP contribution in [0, 0.1) is 0 Å². The second kappa shape index (κ2) is 12.0. The predicted molar refractivity (Wildman–Crippen MR) is 127 cm³/mol. The van der Waals surface area contributed by atoms with Gasteiger partial charge in [-0.2, -0.15) is 0 Å². The van der Waals surface area contributed by atoms with Crippen molar-refractivity contribution >= 4 is 17.9 Å². The smallest absolute Gasteiger partial charge is 0.408 e. The van der Waals surface area contributed by atoms with E-state index < -0.39 is 41.7 Å². The summed E-state index contributed by atoms with van der Waals surface area (Å²) >= 11 is 0. The Morgan fingerprint density at radius 2 is 1.59 bits per heavy atom. The summed E-state index contributed by atoms with van der Waals surface area (Å²) in [5, 5.41) is 14.7. The second-order valence-corrected chi connectivity index (χ2v) is 8.95. The van der Waals surface area contributed by atoms with Crippen LogP contribution < -0.4 is 21.1 Å². The molecule has 0 aliphatic rings. The average Bonchev–Trinajstić information content (AvgIpc) is 2.75. The van der Waals surface area contributed by atoms with Gasteiger partial charge >= 0.3 is 6.09 Å². The van der Waals surface area contributed by atoms with Gasteiger partial charge in [0.1, 0.15) is 30.0 Å². The predicted octanol–water partition coefficient (Wildman–Crippen LogP) is 2.05. The summed E-state index contributed by atoms with van der Waals surface area (Å²) < 4.78 is 11.0. The van der Waals surface area contributed by atoms with E-state index in [0.717, 1.165) is 11.1 Å². The second-order valence-electron chi connectivity index (χ2n) is 8.95. The van der Waals surface area contributed by atoms with E-state index in [1.54, 1.807) is 45.0 Å². The van der Waals surface area contributed by atoms with Crippen LogP contribution in [0.15, 0.2) is 54.6 Å². The van der Waals surface area contributed by atoms with E-state index in [-0.39, 0.29) is 6.42 Å². The van der Waals surface area contributed by atoms with Crippen molar-refractivity contribution in [3.05, 3.63) is 65.7 Å². The molecule has 3 atom stereocenters. The van der Waals surface area contributed by atoms with E-state index >= 15 is 0 Å². The van der Waals surface area contributed by atoms with Gasteiger partial charge in [-0.05, 0) is 51.0 Å². The molecule has 0 aromatic heterocycles. The summed E-state index contributed by atoms with van der Waals surface area (Å²) in [5.74, 6) is -0.921. The van der Waals surface area contributed by atoms with E-state index in [9.17, 15) is 19.5 Å². The number of carbonyl (C=O) groups is 3. The SMILES string of the molecule is C[C@H](O)[C@H](NC(=O)[C@@H](Cc1ccc(OCc2ccccc2)cc1)NC(=O)OC(C)(C)C)C(N)=O. The topological polar surface area (TPSA) is 140 Å².